The van der Waals surface area contributed by atoms with Crippen LogP contribution in [-0.4, -0.2) is 20.7 Å². The van der Waals surface area contributed by atoms with Gasteiger partial charge in [0.05, 0.1) is 22.3 Å². The van der Waals surface area contributed by atoms with Crippen LogP contribution in [-0.2, 0) is 0 Å². The summed E-state index contributed by atoms with van der Waals surface area (Å²) in [6, 6.07) is 25.2. The molecule has 0 aliphatic carbocycles. The molecule has 172 valence electrons. The molecule has 0 saturated heterocycles. The van der Waals surface area contributed by atoms with Crippen molar-refractivity contribution in [3.05, 3.63) is 118 Å². The molecule has 0 bridgehead atoms. The predicted octanol–water partition coefficient (Wildman–Crippen LogP) is 5.68. The molecule has 1 N–H and O–H groups in total. The molecule has 0 radical (unpaired) electrons. The van der Waals surface area contributed by atoms with E-state index in [0.29, 0.717) is 22.9 Å². The molecule has 7 heteroatoms. The van der Waals surface area contributed by atoms with Gasteiger partial charge in [0.2, 0.25) is 5.88 Å². The van der Waals surface area contributed by atoms with Crippen LogP contribution in [0.1, 0.15) is 21.6 Å². The van der Waals surface area contributed by atoms with Gasteiger partial charge in [-0.15, -0.1) is 0 Å². The highest BCUT2D eigenvalue weighted by atomic mass is 16.5. The Kier molecular flexibility index (Phi) is 5.73. The molecule has 0 atom stereocenters. The number of carbonyl (C=O) groups is 1. The van der Waals surface area contributed by atoms with Crippen LogP contribution in [0.3, 0.4) is 0 Å². The van der Waals surface area contributed by atoms with Gasteiger partial charge in [-0.3, -0.25) is 4.79 Å². The monoisotopic (exact) mass is 464 g/mol. The first-order valence-corrected chi connectivity index (χ1v) is 10.9. The lowest BCUT2D eigenvalue weighted by Crippen LogP contribution is -2.12. The van der Waals surface area contributed by atoms with Gasteiger partial charge in [-0.1, -0.05) is 48.5 Å². The number of hydrogen-bond donors (Lipinski definition) is 1. The number of allylic oxidation sites excluding steroid dienone is 1. The molecule has 7 nitrogen and oxygen atoms in total. The zero-order valence-electron chi connectivity index (χ0n) is 18.7. The van der Waals surface area contributed by atoms with Crippen LogP contribution in [0.2, 0.25) is 0 Å². The summed E-state index contributed by atoms with van der Waals surface area (Å²) in [5, 5.41) is 15.5. The van der Waals surface area contributed by atoms with Crippen LogP contribution >= 0.6 is 0 Å². The van der Waals surface area contributed by atoms with E-state index in [1.165, 1.54) is 12.2 Å². The summed E-state index contributed by atoms with van der Waals surface area (Å²) in [4.78, 5) is 25.4. The Bertz CT molecular complexity index is 1620. The number of fused-ring (bicyclic) bond motifs is 1. The van der Waals surface area contributed by atoms with E-state index >= 15 is 0 Å². The van der Waals surface area contributed by atoms with Crippen molar-refractivity contribution < 1.29 is 19.1 Å². The quantitative estimate of drug-likeness (QED) is 0.197. The molecule has 0 unspecified atom stereocenters. The minimum atomic E-state index is -0.909. The van der Waals surface area contributed by atoms with Gasteiger partial charge in [-0.2, -0.15) is 9.78 Å². The van der Waals surface area contributed by atoms with Crippen LogP contribution in [0.25, 0.3) is 22.7 Å². The maximum absolute atomic E-state index is 13.0. The molecule has 2 aromatic heterocycles. The maximum Gasteiger partial charge on any atom is 0.351 e. The lowest BCUT2D eigenvalue weighted by Gasteiger charge is -2.10. The number of carbonyl (C=O) groups excluding carboxylic acids is 1. The molecule has 5 aromatic rings. The number of rotatable bonds is 6. The van der Waals surface area contributed by atoms with Crippen LogP contribution in [0.15, 0.2) is 100 Å². The number of hydrogen-bond acceptors (Lipinski definition) is 6. The Hall–Kier alpha value is -4.91. The number of ether oxygens (including phenoxy) is 1. The van der Waals surface area contributed by atoms with Crippen molar-refractivity contribution in [1.82, 2.24) is 9.78 Å². The smallest absolute Gasteiger partial charge is 0.351 e. The Morgan fingerprint density at radius 3 is 2.37 bits per heavy atom. The lowest BCUT2D eigenvalue weighted by atomic mass is 10.1. The summed E-state index contributed by atoms with van der Waals surface area (Å²) in [5.74, 6) is -0.111. The Labute approximate surface area is 200 Å². The fourth-order valence-electron chi connectivity index (χ4n) is 3.75. The molecule has 35 heavy (non-hydrogen) atoms. The summed E-state index contributed by atoms with van der Waals surface area (Å²) in [7, 11) is 0. The summed E-state index contributed by atoms with van der Waals surface area (Å²) >= 11 is 0. The van der Waals surface area contributed by atoms with Crippen LogP contribution in [0.4, 0.5) is 0 Å². The third kappa shape index (κ3) is 4.22. The first-order valence-electron chi connectivity index (χ1n) is 10.9. The number of aryl methyl sites for hydroxylation is 1. The van der Waals surface area contributed by atoms with Gasteiger partial charge in [0.15, 0.2) is 5.78 Å². The number of para-hydroxylation sites is 3. The SMILES string of the molecule is Cc1nn(-c2ccccc2)c(Oc2ccccc2)c1/C=C/C(=O)c1c(O)c2ccccc2oc1=O. The van der Waals surface area contributed by atoms with Crippen molar-refractivity contribution in [2.24, 2.45) is 0 Å². The second-order valence-electron chi connectivity index (χ2n) is 7.77. The number of benzene rings is 3. The van der Waals surface area contributed by atoms with E-state index in [0.717, 1.165) is 5.69 Å². The largest absolute Gasteiger partial charge is 0.506 e. The van der Waals surface area contributed by atoms with Crippen molar-refractivity contribution in [2.75, 3.05) is 0 Å². The molecule has 0 spiro atoms. The highest BCUT2D eigenvalue weighted by Gasteiger charge is 2.21. The summed E-state index contributed by atoms with van der Waals surface area (Å²) in [6.45, 7) is 1.79. The van der Waals surface area contributed by atoms with E-state index in [1.54, 1.807) is 35.9 Å². The zero-order chi connectivity index (χ0) is 24.4. The third-order valence-electron chi connectivity index (χ3n) is 5.45. The molecule has 3 aromatic carbocycles. The van der Waals surface area contributed by atoms with E-state index in [2.05, 4.69) is 5.10 Å². The summed E-state index contributed by atoms with van der Waals surface area (Å²) in [6.07, 6.45) is 2.73. The number of nitrogens with zero attached hydrogens (tertiary/aromatic N) is 2. The molecule has 0 aliphatic rings. The van der Waals surface area contributed by atoms with Crippen molar-refractivity contribution in [1.29, 1.82) is 0 Å². The Morgan fingerprint density at radius 1 is 0.971 bits per heavy atom. The zero-order valence-corrected chi connectivity index (χ0v) is 18.7. The molecule has 5 rings (SSSR count). The van der Waals surface area contributed by atoms with Crippen LogP contribution in [0, 0.1) is 6.92 Å². The van der Waals surface area contributed by atoms with Crippen LogP contribution < -0.4 is 10.4 Å². The highest BCUT2D eigenvalue weighted by molar-refractivity contribution is 6.10. The van der Waals surface area contributed by atoms with Gasteiger partial charge in [-0.05, 0) is 55.5 Å². The molecular weight excluding hydrogens is 444 g/mol. The third-order valence-corrected chi connectivity index (χ3v) is 5.45. The van der Waals surface area contributed by atoms with Gasteiger partial charge in [-0.25, -0.2) is 4.79 Å². The van der Waals surface area contributed by atoms with Gasteiger partial charge in [0, 0.05) is 0 Å². The average Bonchev–Trinajstić information content (AvgIpc) is 3.18. The van der Waals surface area contributed by atoms with Crippen molar-refractivity contribution >= 4 is 22.8 Å². The Balaban J connectivity index is 1.58. The predicted molar refractivity (Wildman–Crippen MR) is 132 cm³/mol. The molecule has 2 heterocycles. The topological polar surface area (TPSA) is 94.6 Å². The lowest BCUT2D eigenvalue weighted by molar-refractivity contribution is 0.104. The van der Waals surface area contributed by atoms with E-state index < -0.39 is 22.7 Å². The Morgan fingerprint density at radius 2 is 1.63 bits per heavy atom. The van der Waals surface area contributed by atoms with Crippen molar-refractivity contribution in [3.8, 4) is 23.1 Å². The van der Waals surface area contributed by atoms with Gasteiger partial charge in [0.1, 0.15) is 22.6 Å². The molecule has 0 saturated carbocycles. The second-order valence-corrected chi connectivity index (χ2v) is 7.77. The van der Waals surface area contributed by atoms with E-state index in [-0.39, 0.29) is 11.0 Å². The molecule has 0 fully saturated rings. The van der Waals surface area contributed by atoms with Gasteiger partial charge < -0.3 is 14.3 Å². The number of ketones is 1. The molecule has 0 amide bonds. The standard InChI is InChI=1S/C28H20N2O5/c1-18-21(16-17-23(31)25-26(32)22-14-8-9-15-24(22)35-28(25)33)27(34-20-12-6-3-7-13-20)30(29-18)19-10-4-2-5-11-19/h2-17,32H,1H3/b17-16+. The first-order chi connectivity index (χ1) is 17.0. The van der Waals surface area contributed by atoms with E-state index in [9.17, 15) is 14.7 Å². The minimum absolute atomic E-state index is 0.203. The number of aromatic hydroxyl groups is 1. The average molecular weight is 464 g/mol. The second kappa shape index (κ2) is 9.15. The van der Waals surface area contributed by atoms with Gasteiger partial charge >= 0.3 is 5.63 Å². The summed E-state index contributed by atoms with van der Waals surface area (Å²) < 4.78 is 13.0. The normalized spacial score (nSPS) is 11.2. The summed E-state index contributed by atoms with van der Waals surface area (Å²) in [5.41, 5.74) is 0.801. The van der Waals surface area contributed by atoms with Gasteiger partial charge in [0.25, 0.3) is 0 Å². The fraction of sp³-hybridized carbons (Fsp3) is 0.0357. The maximum atomic E-state index is 13.0. The van der Waals surface area contributed by atoms with E-state index in [4.69, 9.17) is 9.15 Å². The molecule has 0 aliphatic heterocycles. The van der Waals surface area contributed by atoms with Crippen molar-refractivity contribution in [3.63, 3.8) is 0 Å². The van der Waals surface area contributed by atoms with Crippen LogP contribution in [0.5, 0.6) is 17.4 Å². The minimum Gasteiger partial charge on any atom is -0.506 e. The fourth-order valence-corrected chi connectivity index (χ4v) is 3.75. The van der Waals surface area contributed by atoms with Crippen molar-refractivity contribution in [2.45, 2.75) is 6.92 Å². The molecular formula is C28H20N2O5. The van der Waals surface area contributed by atoms with E-state index in [1.807, 2.05) is 60.7 Å². The first kappa shape index (κ1) is 21.9. The number of aromatic nitrogens is 2. The highest BCUT2D eigenvalue weighted by Crippen LogP contribution is 2.32.